The van der Waals surface area contributed by atoms with Crippen molar-refractivity contribution in [2.75, 3.05) is 6.54 Å². The van der Waals surface area contributed by atoms with E-state index in [0.29, 0.717) is 0 Å². The van der Waals surface area contributed by atoms with Gasteiger partial charge in [-0.15, -0.1) is 0 Å². The molecule has 0 saturated carbocycles. The highest BCUT2D eigenvalue weighted by molar-refractivity contribution is 6.00. The van der Waals surface area contributed by atoms with E-state index >= 15 is 0 Å². The summed E-state index contributed by atoms with van der Waals surface area (Å²) in [6.45, 7) is 2.89. The molecule has 0 bridgehead atoms. The standard InChI is InChI=1S/C10H15NO2/c1-6-5-8-7(3-2-4-11-8)10(13)9(6)12/h6,9,11-12H,2-5H2,1H3. The minimum absolute atomic E-state index is 0.0547. The van der Waals surface area contributed by atoms with Crippen LogP contribution in [0.1, 0.15) is 26.2 Å². The number of carbonyl (C=O) groups excluding carboxylic acids is 1. The highest BCUT2D eigenvalue weighted by Crippen LogP contribution is 2.30. The molecule has 2 unspecified atom stereocenters. The molecule has 3 heteroatoms. The van der Waals surface area contributed by atoms with Gasteiger partial charge in [0.05, 0.1) is 0 Å². The van der Waals surface area contributed by atoms with Crippen molar-refractivity contribution < 1.29 is 9.90 Å². The molecular weight excluding hydrogens is 166 g/mol. The van der Waals surface area contributed by atoms with Crippen LogP contribution < -0.4 is 5.32 Å². The lowest BCUT2D eigenvalue weighted by molar-refractivity contribution is -0.126. The summed E-state index contributed by atoms with van der Waals surface area (Å²) in [5, 5.41) is 12.8. The zero-order valence-corrected chi connectivity index (χ0v) is 7.84. The van der Waals surface area contributed by atoms with E-state index in [1.54, 1.807) is 0 Å². The molecule has 3 nitrogen and oxygen atoms in total. The van der Waals surface area contributed by atoms with Gasteiger partial charge in [-0.05, 0) is 25.2 Å². The maximum atomic E-state index is 11.6. The summed E-state index contributed by atoms with van der Waals surface area (Å²) in [6.07, 6.45) is 1.90. The Morgan fingerprint density at radius 2 is 2.31 bits per heavy atom. The predicted molar refractivity (Wildman–Crippen MR) is 49.1 cm³/mol. The van der Waals surface area contributed by atoms with E-state index in [1.165, 1.54) is 0 Å². The Bertz CT molecular complexity index is 270. The molecule has 0 radical (unpaired) electrons. The Balaban J connectivity index is 2.31. The molecule has 1 aliphatic carbocycles. The summed E-state index contributed by atoms with van der Waals surface area (Å²) in [4.78, 5) is 11.6. The minimum atomic E-state index is -0.765. The van der Waals surface area contributed by atoms with Crippen LogP contribution in [0.2, 0.25) is 0 Å². The van der Waals surface area contributed by atoms with Gasteiger partial charge in [0.1, 0.15) is 6.10 Å². The lowest BCUT2D eigenvalue weighted by Gasteiger charge is -2.31. The predicted octanol–water partition coefficient (Wildman–Crippen LogP) is 0.594. The summed E-state index contributed by atoms with van der Waals surface area (Å²) in [6, 6.07) is 0. The maximum absolute atomic E-state index is 11.6. The Morgan fingerprint density at radius 3 is 3.08 bits per heavy atom. The van der Waals surface area contributed by atoms with Crippen LogP contribution in [0.25, 0.3) is 0 Å². The topological polar surface area (TPSA) is 49.3 Å². The zero-order chi connectivity index (χ0) is 9.42. The second-order valence-corrected chi connectivity index (χ2v) is 3.98. The molecule has 0 aromatic heterocycles. The zero-order valence-electron chi connectivity index (χ0n) is 7.84. The number of aliphatic hydroxyl groups is 1. The summed E-state index contributed by atoms with van der Waals surface area (Å²) >= 11 is 0. The molecular formula is C10H15NO2. The van der Waals surface area contributed by atoms with E-state index in [2.05, 4.69) is 5.32 Å². The lowest BCUT2D eigenvalue weighted by atomic mass is 9.82. The van der Waals surface area contributed by atoms with Crippen molar-refractivity contribution in [3.63, 3.8) is 0 Å². The van der Waals surface area contributed by atoms with Gasteiger partial charge in [0.2, 0.25) is 0 Å². The lowest BCUT2D eigenvalue weighted by Crippen LogP contribution is -2.39. The molecule has 2 aliphatic rings. The molecule has 0 aromatic carbocycles. The molecule has 2 N–H and O–H groups in total. The average molecular weight is 181 g/mol. The van der Waals surface area contributed by atoms with Crippen molar-refractivity contribution in [3.8, 4) is 0 Å². The van der Waals surface area contributed by atoms with Crippen molar-refractivity contribution in [1.82, 2.24) is 5.32 Å². The molecule has 1 heterocycles. The first kappa shape index (κ1) is 8.75. The first-order valence-corrected chi connectivity index (χ1v) is 4.88. The molecule has 2 rings (SSSR count). The van der Waals surface area contributed by atoms with Crippen LogP contribution >= 0.6 is 0 Å². The van der Waals surface area contributed by atoms with Crippen molar-refractivity contribution in [2.45, 2.75) is 32.3 Å². The number of Topliss-reactive ketones (excluding diaryl/α,β-unsaturated/α-hetero) is 1. The van der Waals surface area contributed by atoms with E-state index < -0.39 is 6.10 Å². The molecule has 2 atom stereocenters. The maximum Gasteiger partial charge on any atom is 0.189 e. The fourth-order valence-corrected chi connectivity index (χ4v) is 2.10. The number of hydrogen-bond donors (Lipinski definition) is 2. The highest BCUT2D eigenvalue weighted by Gasteiger charge is 2.34. The monoisotopic (exact) mass is 181 g/mol. The van der Waals surface area contributed by atoms with Gasteiger partial charge in [0.15, 0.2) is 5.78 Å². The first-order chi connectivity index (χ1) is 6.20. The van der Waals surface area contributed by atoms with Crippen LogP contribution in [0, 0.1) is 5.92 Å². The summed E-state index contributed by atoms with van der Waals surface area (Å²) in [5.74, 6) is 0.0119. The number of hydrogen-bond acceptors (Lipinski definition) is 3. The molecule has 0 aromatic rings. The molecule has 72 valence electrons. The quantitative estimate of drug-likeness (QED) is 0.575. The van der Waals surface area contributed by atoms with Crippen molar-refractivity contribution in [3.05, 3.63) is 11.3 Å². The van der Waals surface area contributed by atoms with E-state index in [4.69, 9.17) is 0 Å². The third kappa shape index (κ3) is 1.37. The first-order valence-electron chi connectivity index (χ1n) is 4.88. The number of nitrogens with one attached hydrogen (secondary N) is 1. The van der Waals surface area contributed by atoms with Gasteiger partial charge < -0.3 is 10.4 Å². The smallest absolute Gasteiger partial charge is 0.189 e. The average Bonchev–Trinajstić information content (AvgIpc) is 2.15. The van der Waals surface area contributed by atoms with Gasteiger partial charge in [-0.1, -0.05) is 6.92 Å². The van der Waals surface area contributed by atoms with Gasteiger partial charge >= 0.3 is 0 Å². The summed E-state index contributed by atoms with van der Waals surface area (Å²) in [5.41, 5.74) is 1.92. The molecule has 13 heavy (non-hydrogen) atoms. The van der Waals surface area contributed by atoms with Gasteiger partial charge in [-0.2, -0.15) is 0 Å². The molecule has 0 spiro atoms. The van der Waals surface area contributed by atoms with Crippen molar-refractivity contribution >= 4 is 5.78 Å². The second-order valence-electron chi connectivity index (χ2n) is 3.98. The third-order valence-corrected chi connectivity index (χ3v) is 2.94. The van der Waals surface area contributed by atoms with Crippen molar-refractivity contribution in [1.29, 1.82) is 0 Å². The summed E-state index contributed by atoms with van der Waals surface area (Å²) < 4.78 is 0. The van der Waals surface area contributed by atoms with Gasteiger partial charge in [0, 0.05) is 17.8 Å². The second kappa shape index (κ2) is 3.14. The molecule has 0 saturated heterocycles. The molecule has 0 amide bonds. The number of aliphatic hydroxyl groups excluding tert-OH is 1. The Hall–Kier alpha value is -0.830. The number of carbonyl (C=O) groups is 1. The number of allylic oxidation sites excluding steroid dienone is 1. The molecule has 1 aliphatic heterocycles. The van der Waals surface area contributed by atoms with E-state index in [-0.39, 0.29) is 11.7 Å². The van der Waals surface area contributed by atoms with Gasteiger partial charge in [0.25, 0.3) is 0 Å². The van der Waals surface area contributed by atoms with Crippen LogP contribution in [-0.2, 0) is 4.79 Å². The minimum Gasteiger partial charge on any atom is -0.388 e. The molecule has 0 fully saturated rings. The van der Waals surface area contributed by atoms with Gasteiger partial charge in [-0.3, -0.25) is 4.79 Å². The van der Waals surface area contributed by atoms with Crippen LogP contribution in [0.4, 0.5) is 0 Å². The highest BCUT2D eigenvalue weighted by atomic mass is 16.3. The largest absolute Gasteiger partial charge is 0.388 e. The van der Waals surface area contributed by atoms with E-state index in [0.717, 1.165) is 37.1 Å². The SMILES string of the molecule is CC1CC2=C(CCCN2)C(=O)C1O. The van der Waals surface area contributed by atoms with Crippen molar-refractivity contribution in [2.24, 2.45) is 5.92 Å². The van der Waals surface area contributed by atoms with Crippen LogP contribution in [0.15, 0.2) is 11.3 Å². The van der Waals surface area contributed by atoms with E-state index in [1.807, 2.05) is 6.92 Å². The summed E-state index contributed by atoms with van der Waals surface area (Å²) in [7, 11) is 0. The Morgan fingerprint density at radius 1 is 1.54 bits per heavy atom. The fourth-order valence-electron chi connectivity index (χ4n) is 2.10. The fraction of sp³-hybridized carbons (Fsp3) is 0.700. The van der Waals surface area contributed by atoms with E-state index in [9.17, 15) is 9.90 Å². The number of ketones is 1. The van der Waals surface area contributed by atoms with Crippen LogP contribution in [-0.4, -0.2) is 23.5 Å². The number of rotatable bonds is 0. The van der Waals surface area contributed by atoms with Gasteiger partial charge in [-0.25, -0.2) is 0 Å². The Labute approximate surface area is 77.8 Å². The third-order valence-electron chi connectivity index (χ3n) is 2.94. The van der Waals surface area contributed by atoms with Crippen LogP contribution in [0.5, 0.6) is 0 Å². The Kier molecular flexibility index (Phi) is 2.12. The van der Waals surface area contributed by atoms with Crippen LogP contribution in [0.3, 0.4) is 0 Å². The normalized spacial score (nSPS) is 34.2.